The third-order valence-electron chi connectivity index (χ3n) is 6.79. The molecule has 3 nitrogen and oxygen atoms in total. The van der Waals surface area contributed by atoms with Crippen LogP contribution in [0, 0.1) is 11.8 Å². The van der Waals surface area contributed by atoms with Gasteiger partial charge in [0.1, 0.15) is 0 Å². The Morgan fingerprint density at radius 2 is 1.85 bits per heavy atom. The lowest BCUT2D eigenvalue weighted by Gasteiger charge is -2.52. The number of rotatable bonds is 3. The predicted molar refractivity (Wildman–Crippen MR) is 82.6 cm³/mol. The minimum absolute atomic E-state index is 0.361. The Balaban J connectivity index is 1.48. The van der Waals surface area contributed by atoms with E-state index in [-0.39, 0.29) is 0 Å². The monoisotopic (exact) mass is 277 g/mol. The maximum Gasteiger partial charge on any atom is 0.0335 e. The average molecular weight is 277 g/mol. The number of hydrogen-bond acceptors (Lipinski definition) is 3. The molecule has 3 heteroatoms. The number of hydrogen-bond donors (Lipinski definition) is 1. The van der Waals surface area contributed by atoms with E-state index in [1.165, 1.54) is 77.5 Å². The first-order chi connectivity index (χ1) is 9.81. The summed E-state index contributed by atoms with van der Waals surface area (Å²) in [5.74, 6) is 2.06. The van der Waals surface area contributed by atoms with Gasteiger partial charge in [-0.25, -0.2) is 0 Å². The molecule has 0 aromatic rings. The van der Waals surface area contributed by atoms with Crippen LogP contribution in [0.5, 0.6) is 0 Å². The summed E-state index contributed by atoms with van der Waals surface area (Å²) in [7, 11) is 0. The molecule has 2 saturated heterocycles. The number of piperazine rings is 1. The van der Waals surface area contributed by atoms with Crippen molar-refractivity contribution in [3.05, 3.63) is 0 Å². The highest BCUT2D eigenvalue weighted by Crippen LogP contribution is 2.48. The quantitative estimate of drug-likeness (QED) is 0.857. The van der Waals surface area contributed by atoms with E-state index in [1.54, 1.807) is 0 Å². The molecule has 0 radical (unpaired) electrons. The molecule has 0 amide bonds. The van der Waals surface area contributed by atoms with Crippen LogP contribution in [0.15, 0.2) is 0 Å². The summed E-state index contributed by atoms with van der Waals surface area (Å²) in [6, 6.07) is 0.841. The van der Waals surface area contributed by atoms with Crippen molar-refractivity contribution >= 4 is 0 Å². The molecule has 4 aliphatic rings. The Labute approximate surface area is 123 Å². The van der Waals surface area contributed by atoms with E-state index in [4.69, 9.17) is 5.73 Å². The summed E-state index contributed by atoms with van der Waals surface area (Å²) in [4.78, 5) is 5.55. The second-order valence-corrected chi connectivity index (χ2v) is 7.90. The van der Waals surface area contributed by atoms with Gasteiger partial charge >= 0.3 is 0 Å². The van der Waals surface area contributed by atoms with Gasteiger partial charge in [0.15, 0.2) is 0 Å². The first kappa shape index (κ1) is 13.5. The highest BCUT2D eigenvalue weighted by molar-refractivity contribution is 5.02. The van der Waals surface area contributed by atoms with Gasteiger partial charge in [0.2, 0.25) is 0 Å². The first-order valence-corrected chi connectivity index (χ1v) is 9.00. The van der Waals surface area contributed by atoms with Crippen LogP contribution in [-0.2, 0) is 0 Å². The van der Waals surface area contributed by atoms with E-state index in [1.807, 2.05) is 0 Å². The molecule has 0 aromatic carbocycles. The van der Waals surface area contributed by atoms with Crippen molar-refractivity contribution in [3.8, 4) is 0 Å². The molecule has 0 bridgehead atoms. The molecule has 2 N–H and O–H groups in total. The highest BCUT2D eigenvalue weighted by atomic mass is 15.3. The van der Waals surface area contributed by atoms with Gasteiger partial charge in [-0.05, 0) is 56.9 Å². The van der Waals surface area contributed by atoms with E-state index >= 15 is 0 Å². The van der Waals surface area contributed by atoms with Crippen molar-refractivity contribution < 1.29 is 0 Å². The summed E-state index contributed by atoms with van der Waals surface area (Å²) in [5, 5.41) is 0. The third kappa shape index (κ3) is 2.32. The first-order valence-electron chi connectivity index (χ1n) is 9.00. The Morgan fingerprint density at radius 1 is 0.950 bits per heavy atom. The number of nitrogens with zero attached hydrogens (tertiary/aromatic N) is 2. The van der Waals surface area contributed by atoms with Gasteiger partial charge in [-0.2, -0.15) is 0 Å². The van der Waals surface area contributed by atoms with Crippen molar-refractivity contribution in [3.63, 3.8) is 0 Å². The normalized spacial score (nSPS) is 43.6. The van der Waals surface area contributed by atoms with E-state index in [9.17, 15) is 0 Å². The molecule has 4 fully saturated rings. The van der Waals surface area contributed by atoms with Crippen molar-refractivity contribution in [2.45, 2.75) is 62.9 Å². The maximum atomic E-state index is 6.33. The Bertz CT molecular complexity index is 354. The predicted octanol–water partition coefficient (Wildman–Crippen LogP) is 2.06. The molecule has 0 aromatic heterocycles. The van der Waals surface area contributed by atoms with Crippen LogP contribution in [0.25, 0.3) is 0 Å². The minimum atomic E-state index is 0.361. The van der Waals surface area contributed by atoms with Crippen LogP contribution in [0.4, 0.5) is 0 Å². The lowest BCUT2D eigenvalue weighted by molar-refractivity contribution is -0.0173. The fourth-order valence-electron chi connectivity index (χ4n) is 5.38. The van der Waals surface area contributed by atoms with E-state index < -0.39 is 0 Å². The van der Waals surface area contributed by atoms with Crippen LogP contribution in [0.3, 0.4) is 0 Å². The van der Waals surface area contributed by atoms with Crippen molar-refractivity contribution in [2.24, 2.45) is 17.6 Å². The highest BCUT2D eigenvalue weighted by Gasteiger charge is 2.46. The summed E-state index contributed by atoms with van der Waals surface area (Å²) in [5.41, 5.74) is 6.70. The Hall–Kier alpha value is -0.120. The standard InChI is InChI=1S/C17H31N3/c18-13-17(7-1-3-15(11-17)14-5-6-14)20-10-9-19-8-2-4-16(19)12-20/h14-16H,1-13,18H2. The molecule has 4 rings (SSSR count). The van der Waals surface area contributed by atoms with Gasteiger partial charge in [0, 0.05) is 37.8 Å². The SMILES string of the molecule is NCC1(N2CCN3CCCC3C2)CCCC(C2CC2)C1. The molecule has 0 spiro atoms. The van der Waals surface area contributed by atoms with Gasteiger partial charge in [0.05, 0.1) is 0 Å². The lowest BCUT2D eigenvalue weighted by Crippen LogP contribution is -2.63. The third-order valence-corrected chi connectivity index (χ3v) is 6.79. The van der Waals surface area contributed by atoms with Crippen molar-refractivity contribution in [2.75, 3.05) is 32.7 Å². The smallest absolute Gasteiger partial charge is 0.0335 e. The molecule has 2 saturated carbocycles. The van der Waals surface area contributed by atoms with Gasteiger partial charge in [-0.15, -0.1) is 0 Å². The molecule has 2 aliphatic carbocycles. The maximum absolute atomic E-state index is 6.33. The Kier molecular flexibility index (Phi) is 3.56. The summed E-state index contributed by atoms with van der Waals surface area (Å²) >= 11 is 0. The van der Waals surface area contributed by atoms with Crippen molar-refractivity contribution in [1.29, 1.82) is 0 Å². The lowest BCUT2D eigenvalue weighted by atomic mass is 9.72. The summed E-state index contributed by atoms with van der Waals surface area (Å²) in [6.07, 6.45) is 11.5. The van der Waals surface area contributed by atoms with Crippen LogP contribution >= 0.6 is 0 Å². The molecule has 2 aliphatic heterocycles. The topological polar surface area (TPSA) is 32.5 Å². The zero-order valence-corrected chi connectivity index (χ0v) is 12.9. The van der Waals surface area contributed by atoms with E-state index in [0.717, 1.165) is 24.4 Å². The second kappa shape index (κ2) is 5.26. The average Bonchev–Trinajstić information content (AvgIpc) is 3.25. The van der Waals surface area contributed by atoms with Gasteiger partial charge < -0.3 is 5.73 Å². The van der Waals surface area contributed by atoms with Gasteiger partial charge in [-0.1, -0.05) is 12.8 Å². The van der Waals surface area contributed by atoms with Gasteiger partial charge in [-0.3, -0.25) is 9.80 Å². The molecule has 20 heavy (non-hydrogen) atoms. The van der Waals surface area contributed by atoms with Crippen LogP contribution < -0.4 is 5.73 Å². The minimum Gasteiger partial charge on any atom is -0.329 e. The fraction of sp³-hybridized carbons (Fsp3) is 1.00. The molecule has 114 valence electrons. The molecular formula is C17H31N3. The second-order valence-electron chi connectivity index (χ2n) is 7.90. The zero-order chi connectivity index (χ0) is 13.6. The van der Waals surface area contributed by atoms with Crippen molar-refractivity contribution in [1.82, 2.24) is 9.80 Å². The molecule has 3 unspecified atom stereocenters. The van der Waals surface area contributed by atoms with E-state index in [2.05, 4.69) is 9.80 Å². The number of nitrogens with two attached hydrogens (primary N) is 1. The van der Waals surface area contributed by atoms with Crippen LogP contribution in [-0.4, -0.2) is 54.1 Å². The number of fused-ring (bicyclic) bond motifs is 1. The summed E-state index contributed by atoms with van der Waals surface area (Å²) < 4.78 is 0. The zero-order valence-electron chi connectivity index (χ0n) is 12.9. The fourth-order valence-corrected chi connectivity index (χ4v) is 5.38. The molecular weight excluding hydrogens is 246 g/mol. The summed E-state index contributed by atoms with van der Waals surface area (Å²) in [6.45, 7) is 6.10. The largest absolute Gasteiger partial charge is 0.329 e. The van der Waals surface area contributed by atoms with Crippen LogP contribution in [0.2, 0.25) is 0 Å². The molecule has 2 heterocycles. The van der Waals surface area contributed by atoms with Crippen LogP contribution in [0.1, 0.15) is 51.4 Å². The Morgan fingerprint density at radius 3 is 2.65 bits per heavy atom. The molecule has 3 atom stereocenters. The van der Waals surface area contributed by atoms with Gasteiger partial charge in [0.25, 0.3) is 0 Å². The van der Waals surface area contributed by atoms with E-state index in [0.29, 0.717) is 5.54 Å².